The van der Waals surface area contributed by atoms with E-state index in [4.69, 9.17) is 27.9 Å². The zero-order chi connectivity index (χ0) is 16.8. The van der Waals surface area contributed by atoms with Gasteiger partial charge in [-0.15, -0.1) is 0 Å². The van der Waals surface area contributed by atoms with Crippen molar-refractivity contribution in [1.29, 1.82) is 0 Å². The molecule has 0 bridgehead atoms. The fraction of sp³-hybridized carbons (Fsp3) is 0.176. The second kappa shape index (κ2) is 7.99. The van der Waals surface area contributed by atoms with E-state index in [2.05, 4.69) is 5.32 Å². The van der Waals surface area contributed by atoms with E-state index < -0.39 is 5.97 Å². The van der Waals surface area contributed by atoms with Crippen LogP contribution in [0.3, 0.4) is 0 Å². The van der Waals surface area contributed by atoms with Crippen LogP contribution in [0.2, 0.25) is 10.0 Å². The van der Waals surface area contributed by atoms with Crippen molar-refractivity contribution in [2.75, 3.05) is 6.61 Å². The van der Waals surface area contributed by atoms with Crippen LogP contribution in [0.5, 0.6) is 0 Å². The molecular formula is C17H15Cl2NO3. The van der Waals surface area contributed by atoms with Crippen LogP contribution in [-0.4, -0.2) is 18.5 Å². The average molecular weight is 352 g/mol. The molecule has 1 amide bonds. The van der Waals surface area contributed by atoms with Gasteiger partial charge in [-0.2, -0.15) is 0 Å². The molecule has 120 valence electrons. The van der Waals surface area contributed by atoms with Crippen LogP contribution in [0.25, 0.3) is 0 Å². The maximum atomic E-state index is 11.8. The van der Waals surface area contributed by atoms with Gasteiger partial charge in [-0.25, -0.2) is 4.79 Å². The topological polar surface area (TPSA) is 55.4 Å². The molecule has 0 radical (unpaired) electrons. The first-order valence-electron chi connectivity index (χ1n) is 6.90. The average Bonchev–Trinajstić information content (AvgIpc) is 2.53. The van der Waals surface area contributed by atoms with Gasteiger partial charge >= 0.3 is 5.97 Å². The van der Waals surface area contributed by atoms with E-state index in [0.29, 0.717) is 11.6 Å². The molecule has 0 atom stereocenters. The maximum absolute atomic E-state index is 11.8. The Hall–Kier alpha value is -2.04. The van der Waals surface area contributed by atoms with E-state index in [1.54, 1.807) is 0 Å². The summed E-state index contributed by atoms with van der Waals surface area (Å²) in [6, 6.07) is 12.2. The first-order chi connectivity index (χ1) is 11.0. The molecule has 0 spiro atoms. The van der Waals surface area contributed by atoms with Crippen LogP contribution in [0.4, 0.5) is 0 Å². The van der Waals surface area contributed by atoms with Crippen LogP contribution in [0.15, 0.2) is 42.5 Å². The van der Waals surface area contributed by atoms with Gasteiger partial charge in [0.1, 0.15) is 0 Å². The van der Waals surface area contributed by atoms with E-state index in [1.165, 1.54) is 18.2 Å². The molecule has 0 aliphatic rings. The third-order valence-corrected chi connectivity index (χ3v) is 3.80. The fourth-order valence-corrected chi connectivity index (χ4v) is 2.21. The van der Waals surface area contributed by atoms with Crippen LogP contribution >= 0.6 is 23.2 Å². The second-order valence-corrected chi connectivity index (χ2v) is 5.79. The monoisotopic (exact) mass is 351 g/mol. The zero-order valence-electron chi connectivity index (χ0n) is 12.4. The molecule has 2 aromatic carbocycles. The van der Waals surface area contributed by atoms with Gasteiger partial charge in [0.2, 0.25) is 0 Å². The Morgan fingerprint density at radius 3 is 2.57 bits per heavy atom. The summed E-state index contributed by atoms with van der Waals surface area (Å²) >= 11 is 11.6. The molecule has 0 saturated heterocycles. The number of carbonyl (C=O) groups excluding carboxylic acids is 2. The Kier molecular flexibility index (Phi) is 6.02. The highest BCUT2D eigenvalue weighted by Crippen LogP contribution is 2.22. The predicted molar refractivity (Wildman–Crippen MR) is 89.8 cm³/mol. The molecule has 4 nitrogen and oxygen atoms in total. The molecule has 6 heteroatoms. The minimum absolute atomic E-state index is 0.242. The maximum Gasteiger partial charge on any atom is 0.338 e. The standard InChI is InChI=1S/C17H15Cl2NO3/c1-11-3-2-4-12(7-11)9-20-16(21)10-23-17(22)13-5-6-14(18)15(19)8-13/h2-8H,9-10H2,1H3,(H,20,21). The summed E-state index contributed by atoms with van der Waals surface area (Å²) in [4.78, 5) is 23.6. The van der Waals surface area contributed by atoms with Crippen LogP contribution in [0, 0.1) is 6.92 Å². The molecule has 0 saturated carbocycles. The molecule has 0 aliphatic heterocycles. The third-order valence-electron chi connectivity index (χ3n) is 3.06. The number of carbonyl (C=O) groups is 2. The van der Waals surface area contributed by atoms with Crippen LogP contribution in [0.1, 0.15) is 21.5 Å². The van der Waals surface area contributed by atoms with E-state index in [0.717, 1.165) is 11.1 Å². The summed E-state index contributed by atoms with van der Waals surface area (Å²) in [5, 5.41) is 3.29. The Morgan fingerprint density at radius 2 is 1.87 bits per heavy atom. The van der Waals surface area contributed by atoms with Gasteiger partial charge in [0, 0.05) is 6.54 Å². The Balaban J connectivity index is 1.81. The minimum atomic E-state index is -0.630. The molecule has 2 aromatic rings. The smallest absolute Gasteiger partial charge is 0.338 e. The highest BCUT2D eigenvalue weighted by atomic mass is 35.5. The van der Waals surface area contributed by atoms with Gasteiger partial charge in [0.15, 0.2) is 6.61 Å². The van der Waals surface area contributed by atoms with Crippen molar-refractivity contribution in [2.45, 2.75) is 13.5 Å². The van der Waals surface area contributed by atoms with Crippen molar-refractivity contribution < 1.29 is 14.3 Å². The zero-order valence-corrected chi connectivity index (χ0v) is 13.9. The van der Waals surface area contributed by atoms with Crippen molar-refractivity contribution in [3.05, 3.63) is 69.2 Å². The lowest BCUT2D eigenvalue weighted by atomic mass is 10.1. The van der Waals surface area contributed by atoms with Gasteiger partial charge in [-0.1, -0.05) is 53.0 Å². The van der Waals surface area contributed by atoms with Gasteiger partial charge < -0.3 is 10.1 Å². The lowest BCUT2D eigenvalue weighted by Gasteiger charge is -2.07. The number of rotatable bonds is 5. The number of aryl methyl sites for hydroxylation is 1. The quantitative estimate of drug-likeness (QED) is 0.834. The van der Waals surface area contributed by atoms with Gasteiger partial charge in [0.25, 0.3) is 5.91 Å². The summed E-state index contributed by atoms with van der Waals surface area (Å²) in [5.74, 6) is -1.01. The Bertz CT molecular complexity index is 732. The van der Waals surface area contributed by atoms with Gasteiger partial charge in [-0.3, -0.25) is 4.79 Å². The number of nitrogens with one attached hydrogen (secondary N) is 1. The molecule has 0 aliphatic carbocycles. The largest absolute Gasteiger partial charge is 0.452 e. The SMILES string of the molecule is Cc1cccc(CNC(=O)COC(=O)c2ccc(Cl)c(Cl)c2)c1. The highest BCUT2D eigenvalue weighted by Gasteiger charge is 2.11. The van der Waals surface area contributed by atoms with Crippen molar-refractivity contribution in [1.82, 2.24) is 5.32 Å². The van der Waals surface area contributed by atoms with E-state index >= 15 is 0 Å². The summed E-state index contributed by atoms with van der Waals surface area (Å²) in [7, 11) is 0. The Morgan fingerprint density at radius 1 is 1.09 bits per heavy atom. The number of esters is 1. The number of hydrogen-bond acceptors (Lipinski definition) is 3. The number of ether oxygens (including phenoxy) is 1. The molecule has 0 heterocycles. The van der Waals surface area contributed by atoms with Gasteiger partial charge in [0.05, 0.1) is 15.6 Å². The summed E-state index contributed by atoms with van der Waals surface area (Å²) in [6.07, 6.45) is 0. The second-order valence-electron chi connectivity index (χ2n) is 4.97. The van der Waals surface area contributed by atoms with Crippen molar-refractivity contribution in [3.63, 3.8) is 0 Å². The summed E-state index contributed by atoms with van der Waals surface area (Å²) in [6.45, 7) is 2.00. The van der Waals surface area contributed by atoms with E-state index in [-0.39, 0.29) is 23.1 Å². The number of benzene rings is 2. The summed E-state index contributed by atoms with van der Waals surface area (Å²) in [5.41, 5.74) is 2.34. The number of amides is 1. The summed E-state index contributed by atoms with van der Waals surface area (Å²) < 4.78 is 4.94. The predicted octanol–water partition coefficient (Wildman–Crippen LogP) is 3.78. The van der Waals surface area contributed by atoms with Crippen molar-refractivity contribution in [3.8, 4) is 0 Å². The molecule has 0 fully saturated rings. The van der Waals surface area contributed by atoms with Crippen LogP contribution in [-0.2, 0) is 16.1 Å². The minimum Gasteiger partial charge on any atom is -0.452 e. The first-order valence-corrected chi connectivity index (χ1v) is 7.66. The van der Waals surface area contributed by atoms with Gasteiger partial charge in [-0.05, 0) is 30.7 Å². The fourth-order valence-electron chi connectivity index (χ4n) is 1.91. The van der Waals surface area contributed by atoms with Crippen molar-refractivity contribution >= 4 is 35.1 Å². The lowest BCUT2D eigenvalue weighted by molar-refractivity contribution is -0.124. The number of hydrogen-bond donors (Lipinski definition) is 1. The normalized spacial score (nSPS) is 10.2. The van der Waals surface area contributed by atoms with Crippen LogP contribution < -0.4 is 5.32 Å². The molecule has 23 heavy (non-hydrogen) atoms. The molecule has 1 N–H and O–H groups in total. The lowest BCUT2D eigenvalue weighted by Crippen LogP contribution is -2.28. The molecule has 0 aromatic heterocycles. The van der Waals surface area contributed by atoms with E-state index in [9.17, 15) is 9.59 Å². The molecule has 2 rings (SSSR count). The van der Waals surface area contributed by atoms with Crippen molar-refractivity contribution in [2.24, 2.45) is 0 Å². The highest BCUT2D eigenvalue weighted by molar-refractivity contribution is 6.42. The third kappa shape index (κ3) is 5.27. The number of halogens is 2. The molecular weight excluding hydrogens is 337 g/mol. The molecule has 0 unspecified atom stereocenters. The first kappa shape index (κ1) is 17.3. The Labute approximate surface area is 144 Å². The van der Waals surface area contributed by atoms with E-state index in [1.807, 2.05) is 31.2 Å².